The van der Waals surface area contributed by atoms with Crippen LogP contribution in [0.15, 0.2) is 0 Å². The lowest BCUT2D eigenvalue weighted by atomic mass is 10.1. The highest BCUT2D eigenvalue weighted by molar-refractivity contribution is 4.84. The van der Waals surface area contributed by atoms with Gasteiger partial charge < -0.3 is 14.8 Å². The molecule has 4 nitrogen and oxygen atoms in total. The second kappa shape index (κ2) is 8.03. The van der Waals surface area contributed by atoms with Crippen LogP contribution < -0.4 is 5.32 Å². The molecule has 4 heteroatoms. The Balaban J connectivity index is 2.31. The van der Waals surface area contributed by atoms with E-state index < -0.39 is 0 Å². The first-order valence-electron chi connectivity index (χ1n) is 6.63. The number of hydrogen-bond acceptors (Lipinski definition) is 4. The van der Waals surface area contributed by atoms with Crippen molar-refractivity contribution < 1.29 is 9.47 Å². The molecule has 0 bridgehead atoms. The largest absolute Gasteiger partial charge is 0.383 e. The van der Waals surface area contributed by atoms with Crippen LogP contribution in [0.2, 0.25) is 0 Å². The number of rotatable bonds is 8. The van der Waals surface area contributed by atoms with Gasteiger partial charge in [-0.05, 0) is 12.3 Å². The zero-order valence-corrected chi connectivity index (χ0v) is 11.7. The van der Waals surface area contributed by atoms with Crippen LogP contribution >= 0.6 is 0 Å². The van der Waals surface area contributed by atoms with E-state index in [0.717, 1.165) is 39.2 Å². The third kappa shape index (κ3) is 5.82. The van der Waals surface area contributed by atoms with Crippen molar-refractivity contribution in [2.24, 2.45) is 5.92 Å². The predicted molar refractivity (Wildman–Crippen MR) is 70.4 cm³/mol. The highest BCUT2D eigenvalue weighted by Crippen LogP contribution is 2.11. The van der Waals surface area contributed by atoms with Crippen molar-refractivity contribution in [2.45, 2.75) is 32.4 Å². The molecule has 102 valence electrons. The van der Waals surface area contributed by atoms with E-state index in [9.17, 15) is 0 Å². The number of methoxy groups -OCH3 is 2. The van der Waals surface area contributed by atoms with Gasteiger partial charge in [0.25, 0.3) is 0 Å². The molecule has 0 aromatic heterocycles. The first-order chi connectivity index (χ1) is 8.15. The Hall–Kier alpha value is -0.160. The summed E-state index contributed by atoms with van der Waals surface area (Å²) in [5.41, 5.74) is 0. The minimum Gasteiger partial charge on any atom is -0.383 e. The van der Waals surface area contributed by atoms with Crippen molar-refractivity contribution in [2.75, 3.05) is 47.0 Å². The van der Waals surface area contributed by atoms with Crippen molar-refractivity contribution in [3.8, 4) is 0 Å². The lowest BCUT2D eigenvalue weighted by Crippen LogP contribution is -2.40. The maximum Gasteiger partial charge on any atom is 0.0711 e. The number of nitrogens with zero attached hydrogens (tertiary/aromatic N) is 1. The molecule has 0 saturated carbocycles. The van der Waals surface area contributed by atoms with E-state index >= 15 is 0 Å². The van der Waals surface area contributed by atoms with E-state index in [-0.39, 0.29) is 0 Å². The van der Waals surface area contributed by atoms with E-state index in [4.69, 9.17) is 9.47 Å². The third-order valence-corrected chi connectivity index (χ3v) is 3.23. The first-order valence-corrected chi connectivity index (χ1v) is 6.63. The average molecular weight is 244 g/mol. The second-order valence-electron chi connectivity index (χ2n) is 5.34. The van der Waals surface area contributed by atoms with Gasteiger partial charge in [0.05, 0.1) is 12.7 Å². The van der Waals surface area contributed by atoms with Crippen molar-refractivity contribution >= 4 is 0 Å². The van der Waals surface area contributed by atoms with E-state index in [1.807, 2.05) is 0 Å². The van der Waals surface area contributed by atoms with Gasteiger partial charge in [-0.2, -0.15) is 0 Å². The highest BCUT2D eigenvalue weighted by atomic mass is 16.5. The number of ether oxygens (including phenoxy) is 2. The monoisotopic (exact) mass is 244 g/mol. The molecule has 1 fully saturated rings. The summed E-state index contributed by atoms with van der Waals surface area (Å²) in [5, 5.41) is 3.53. The average Bonchev–Trinajstić information content (AvgIpc) is 2.73. The quantitative estimate of drug-likeness (QED) is 0.690. The van der Waals surface area contributed by atoms with Crippen molar-refractivity contribution in [3.05, 3.63) is 0 Å². The van der Waals surface area contributed by atoms with Gasteiger partial charge in [0.15, 0.2) is 0 Å². The Kier molecular flexibility index (Phi) is 7.04. The van der Waals surface area contributed by atoms with Crippen LogP contribution in [0, 0.1) is 5.92 Å². The molecular weight excluding hydrogens is 216 g/mol. The summed E-state index contributed by atoms with van der Waals surface area (Å²) in [6.45, 7) is 9.58. The molecule has 0 aromatic rings. The fourth-order valence-electron chi connectivity index (χ4n) is 2.41. The van der Waals surface area contributed by atoms with Gasteiger partial charge in [-0.15, -0.1) is 0 Å². The van der Waals surface area contributed by atoms with Gasteiger partial charge >= 0.3 is 0 Å². The van der Waals surface area contributed by atoms with Crippen molar-refractivity contribution in [3.63, 3.8) is 0 Å². The molecule has 1 saturated heterocycles. The molecule has 0 spiro atoms. The standard InChI is InChI=1S/C13H28N2O2/c1-11(2)9-15(5-6-16-3)10-12-7-13(17-4)8-14-12/h11-14H,5-10H2,1-4H3. The van der Waals surface area contributed by atoms with Gasteiger partial charge in [-0.25, -0.2) is 0 Å². The normalized spacial score (nSPS) is 25.1. The maximum absolute atomic E-state index is 5.38. The van der Waals surface area contributed by atoms with E-state index in [0.29, 0.717) is 18.1 Å². The Bertz CT molecular complexity index is 200. The fraction of sp³-hybridized carbons (Fsp3) is 1.00. The number of hydrogen-bond donors (Lipinski definition) is 1. The van der Waals surface area contributed by atoms with Crippen LogP contribution in [0.25, 0.3) is 0 Å². The van der Waals surface area contributed by atoms with Gasteiger partial charge in [0.2, 0.25) is 0 Å². The van der Waals surface area contributed by atoms with Crippen LogP contribution in [0.5, 0.6) is 0 Å². The summed E-state index contributed by atoms with van der Waals surface area (Å²) in [4.78, 5) is 2.49. The Labute approximate surface area is 106 Å². The molecule has 1 heterocycles. The molecule has 2 unspecified atom stereocenters. The lowest BCUT2D eigenvalue weighted by Gasteiger charge is -2.26. The van der Waals surface area contributed by atoms with Crippen LogP contribution in [0.3, 0.4) is 0 Å². The minimum absolute atomic E-state index is 0.392. The van der Waals surface area contributed by atoms with Crippen molar-refractivity contribution in [1.29, 1.82) is 0 Å². The van der Waals surface area contributed by atoms with Gasteiger partial charge in [0.1, 0.15) is 0 Å². The van der Waals surface area contributed by atoms with Gasteiger partial charge in [-0.3, -0.25) is 4.90 Å². The molecular formula is C13H28N2O2. The zero-order valence-electron chi connectivity index (χ0n) is 11.7. The Morgan fingerprint density at radius 3 is 2.65 bits per heavy atom. The first kappa shape index (κ1) is 14.9. The maximum atomic E-state index is 5.38. The molecule has 1 rings (SSSR count). The second-order valence-corrected chi connectivity index (χ2v) is 5.34. The summed E-state index contributed by atoms with van der Waals surface area (Å²) in [7, 11) is 3.56. The SMILES string of the molecule is COCCN(CC(C)C)CC1CC(OC)CN1. The summed E-state index contributed by atoms with van der Waals surface area (Å²) in [5.74, 6) is 0.700. The minimum atomic E-state index is 0.392. The summed E-state index contributed by atoms with van der Waals surface area (Å²) >= 11 is 0. The molecule has 1 aliphatic heterocycles. The molecule has 0 radical (unpaired) electrons. The predicted octanol–water partition coefficient (Wildman–Crippen LogP) is 0.968. The van der Waals surface area contributed by atoms with Gasteiger partial charge in [0, 0.05) is 46.4 Å². The lowest BCUT2D eigenvalue weighted by molar-refractivity contribution is 0.111. The Morgan fingerprint density at radius 1 is 1.35 bits per heavy atom. The summed E-state index contributed by atoms with van der Waals surface area (Å²) < 4.78 is 10.6. The zero-order chi connectivity index (χ0) is 12.7. The smallest absolute Gasteiger partial charge is 0.0711 e. The molecule has 0 aromatic carbocycles. The number of nitrogens with one attached hydrogen (secondary N) is 1. The van der Waals surface area contributed by atoms with Crippen LogP contribution in [-0.4, -0.2) is 64.1 Å². The van der Waals surface area contributed by atoms with E-state index in [1.54, 1.807) is 14.2 Å². The molecule has 2 atom stereocenters. The van der Waals surface area contributed by atoms with Gasteiger partial charge in [-0.1, -0.05) is 13.8 Å². The van der Waals surface area contributed by atoms with E-state index in [2.05, 4.69) is 24.1 Å². The molecule has 1 aliphatic rings. The van der Waals surface area contributed by atoms with E-state index in [1.165, 1.54) is 0 Å². The van der Waals surface area contributed by atoms with Crippen LogP contribution in [-0.2, 0) is 9.47 Å². The highest BCUT2D eigenvalue weighted by Gasteiger charge is 2.25. The van der Waals surface area contributed by atoms with Crippen LogP contribution in [0.1, 0.15) is 20.3 Å². The molecule has 17 heavy (non-hydrogen) atoms. The third-order valence-electron chi connectivity index (χ3n) is 3.23. The van der Waals surface area contributed by atoms with Crippen molar-refractivity contribution in [1.82, 2.24) is 10.2 Å². The summed E-state index contributed by atoms with van der Waals surface area (Å²) in [6, 6.07) is 0.565. The fourth-order valence-corrected chi connectivity index (χ4v) is 2.41. The molecule has 0 aliphatic carbocycles. The topological polar surface area (TPSA) is 33.7 Å². The Morgan fingerprint density at radius 2 is 2.12 bits per heavy atom. The van der Waals surface area contributed by atoms with Crippen LogP contribution in [0.4, 0.5) is 0 Å². The molecule has 1 N–H and O–H groups in total. The summed E-state index contributed by atoms with van der Waals surface area (Å²) in [6.07, 6.45) is 1.52. The molecule has 0 amide bonds.